The molecule has 0 unspecified atom stereocenters. The minimum Gasteiger partial charge on any atom is -0.273 e. The van der Waals surface area contributed by atoms with Crippen molar-refractivity contribution in [3.63, 3.8) is 0 Å². The van der Waals surface area contributed by atoms with Gasteiger partial charge in [-0.1, -0.05) is 18.2 Å². The van der Waals surface area contributed by atoms with Crippen LogP contribution in [0.2, 0.25) is 0 Å². The van der Waals surface area contributed by atoms with Crippen LogP contribution in [0.3, 0.4) is 0 Å². The number of nitrogens with one attached hydrogen (secondary N) is 1. The van der Waals surface area contributed by atoms with E-state index in [4.69, 9.17) is 0 Å². The molecule has 23 heavy (non-hydrogen) atoms. The molecule has 2 aromatic rings. The number of imide groups is 2. The second kappa shape index (κ2) is 5.81. The highest BCUT2D eigenvalue weighted by Crippen LogP contribution is 2.26. The Morgan fingerprint density at radius 3 is 2.43 bits per heavy atom. The maximum absolute atomic E-state index is 12.7. The summed E-state index contributed by atoms with van der Waals surface area (Å²) in [6, 6.07) is 10.1. The lowest BCUT2D eigenvalue weighted by molar-refractivity contribution is -0.122. The number of aryl methyl sites for hydroxylation is 2. The van der Waals surface area contributed by atoms with Crippen molar-refractivity contribution in [1.82, 2.24) is 5.32 Å². The number of rotatable bonds is 2. The summed E-state index contributed by atoms with van der Waals surface area (Å²) in [5, 5.41) is 2.23. The molecule has 1 fully saturated rings. The summed E-state index contributed by atoms with van der Waals surface area (Å²) in [5.74, 6) is -1.28. The van der Waals surface area contributed by atoms with Crippen molar-refractivity contribution in [2.24, 2.45) is 0 Å². The molecule has 0 spiro atoms. The van der Waals surface area contributed by atoms with Crippen molar-refractivity contribution in [3.8, 4) is 0 Å². The third-order valence-corrected chi connectivity index (χ3v) is 4.45. The van der Waals surface area contributed by atoms with E-state index in [0.717, 1.165) is 20.2 Å². The van der Waals surface area contributed by atoms with E-state index >= 15 is 0 Å². The lowest BCUT2D eigenvalue weighted by Crippen LogP contribution is -2.54. The Hall–Kier alpha value is -2.73. The number of carbonyl (C=O) groups excluding carboxylic acids is 3. The van der Waals surface area contributed by atoms with E-state index in [1.165, 1.54) is 17.4 Å². The maximum atomic E-state index is 12.7. The number of carbonyl (C=O) groups is 3. The molecule has 1 aromatic carbocycles. The number of hydrogen-bond acceptors (Lipinski definition) is 4. The highest BCUT2D eigenvalue weighted by Gasteiger charge is 2.37. The minimum atomic E-state index is -0.728. The van der Waals surface area contributed by atoms with Gasteiger partial charge < -0.3 is 0 Å². The van der Waals surface area contributed by atoms with Crippen molar-refractivity contribution >= 4 is 40.9 Å². The van der Waals surface area contributed by atoms with Crippen molar-refractivity contribution < 1.29 is 14.4 Å². The first-order valence-corrected chi connectivity index (χ1v) is 7.82. The molecule has 1 aliphatic heterocycles. The molecule has 0 saturated carbocycles. The second-order valence-corrected chi connectivity index (χ2v) is 6.51. The number of barbiturate groups is 1. The molecule has 1 aromatic heterocycles. The normalized spacial score (nSPS) is 16.9. The van der Waals surface area contributed by atoms with Crippen molar-refractivity contribution in [1.29, 1.82) is 0 Å². The lowest BCUT2D eigenvalue weighted by Gasteiger charge is -2.27. The van der Waals surface area contributed by atoms with Gasteiger partial charge in [-0.2, -0.15) is 0 Å². The maximum Gasteiger partial charge on any atom is 0.335 e. The first-order valence-electron chi connectivity index (χ1n) is 7.01. The van der Waals surface area contributed by atoms with Gasteiger partial charge in [-0.25, -0.2) is 9.69 Å². The molecule has 0 radical (unpaired) electrons. The molecule has 5 nitrogen and oxygen atoms in total. The van der Waals surface area contributed by atoms with Gasteiger partial charge in [0.2, 0.25) is 0 Å². The molecule has 116 valence electrons. The first kappa shape index (κ1) is 15.2. The van der Waals surface area contributed by atoms with Crippen molar-refractivity contribution in [2.75, 3.05) is 4.90 Å². The van der Waals surface area contributed by atoms with Gasteiger partial charge in [0.15, 0.2) is 0 Å². The van der Waals surface area contributed by atoms with Gasteiger partial charge in [0, 0.05) is 9.75 Å². The second-order valence-electron chi connectivity index (χ2n) is 5.19. The number of nitrogens with zero attached hydrogens (tertiary/aromatic N) is 1. The Morgan fingerprint density at radius 1 is 1.04 bits per heavy atom. The lowest BCUT2D eigenvalue weighted by atomic mass is 10.1. The summed E-state index contributed by atoms with van der Waals surface area (Å²) in [5.41, 5.74) is 1.20. The first-order chi connectivity index (χ1) is 11.0. The van der Waals surface area contributed by atoms with Crippen LogP contribution in [-0.2, 0) is 9.59 Å². The summed E-state index contributed by atoms with van der Waals surface area (Å²) < 4.78 is 0. The standard InChI is InChI=1S/C17H14N2O3S/c1-10-5-3-4-6-14(10)19-16(21)13(15(20)18-17(19)22)9-12-8-7-11(2)23-12/h3-9H,1-2H3,(H,18,20,22). The van der Waals surface area contributed by atoms with Crippen LogP contribution in [-0.4, -0.2) is 17.8 Å². The van der Waals surface area contributed by atoms with E-state index in [0.29, 0.717) is 5.69 Å². The molecule has 2 heterocycles. The number of benzene rings is 1. The summed E-state index contributed by atoms with van der Waals surface area (Å²) in [6.45, 7) is 3.75. The van der Waals surface area contributed by atoms with E-state index in [9.17, 15) is 14.4 Å². The highest BCUT2D eigenvalue weighted by molar-refractivity contribution is 7.12. The molecule has 1 N–H and O–H groups in total. The molecule has 6 heteroatoms. The SMILES string of the molecule is Cc1ccc(C=C2C(=O)NC(=O)N(c3ccccc3C)C2=O)s1. The number of hydrogen-bond donors (Lipinski definition) is 1. The third-order valence-electron chi connectivity index (χ3n) is 3.51. The molecule has 0 bridgehead atoms. The van der Waals surface area contributed by atoms with Crippen molar-refractivity contribution in [2.45, 2.75) is 13.8 Å². The van der Waals surface area contributed by atoms with Gasteiger partial charge in [0.05, 0.1) is 5.69 Å². The number of urea groups is 1. The summed E-state index contributed by atoms with van der Waals surface area (Å²) >= 11 is 1.47. The van der Waals surface area contributed by atoms with Crippen LogP contribution in [0, 0.1) is 13.8 Å². The van der Waals surface area contributed by atoms with Crippen LogP contribution in [0.25, 0.3) is 6.08 Å². The monoisotopic (exact) mass is 326 g/mol. The van der Waals surface area contributed by atoms with Gasteiger partial charge in [-0.05, 0) is 43.7 Å². The van der Waals surface area contributed by atoms with Gasteiger partial charge in [-0.3, -0.25) is 14.9 Å². The molecule has 1 aliphatic rings. The van der Waals surface area contributed by atoms with Gasteiger partial charge in [-0.15, -0.1) is 11.3 Å². The number of amides is 4. The predicted octanol–water partition coefficient (Wildman–Crippen LogP) is 3.03. The zero-order chi connectivity index (χ0) is 16.6. The molecule has 0 atom stereocenters. The zero-order valence-corrected chi connectivity index (χ0v) is 13.4. The summed E-state index contributed by atoms with van der Waals surface area (Å²) in [6.07, 6.45) is 1.52. The van der Waals surface area contributed by atoms with E-state index in [2.05, 4.69) is 5.32 Å². The molecular formula is C17H14N2O3S. The third kappa shape index (κ3) is 2.80. The van der Waals surface area contributed by atoms with Gasteiger partial charge in [0.25, 0.3) is 11.8 Å². The molecular weight excluding hydrogens is 312 g/mol. The Labute approximate surface area is 137 Å². The fourth-order valence-electron chi connectivity index (χ4n) is 2.36. The molecule has 1 saturated heterocycles. The summed E-state index contributed by atoms with van der Waals surface area (Å²) in [7, 11) is 0. The summed E-state index contributed by atoms with van der Waals surface area (Å²) in [4.78, 5) is 39.7. The Balaban J connectivity index is 2.04. The number of thiophene rings is 1. The minimum absolute atomic E-state index is 0.0466. The topological polar surface area (TPSA) is 66.5 Å². The molecule has 0 aliphatic carbocycles. The Morgan fingerprint density at radius 2 is 1.78 bits per heavy atom. The number of para-hydroxylation sites is 1. The van der Waals surface area contributed by atoms with Gasteiger partial charge in [0.1, 0.15) is 5.57 Å². The predicted molar refractivity (Wildman–Crippen MR) is 89.2 cm³/mol. The van der Waals surface area contributed by atoms with E-state index in [-0.39, 0.29) is 5.57 Å². The average molecular weight is 326 g/mol. The zero-order valence-electron chi connectivity index (χ0n) is 12.6. The molecule has 3 rings (SSSR count). The average Bonchev–Trinajstić information content (AvgIpc) is 2.91. The largest absolute Gasteiger partial charge is 0.335 e. The van der Waals surface area contributed by atoms with E-state index < -0.39 is 17.8 Å². The quantitative estimate of drug-likeness (QED) is 0.681. The molecule has 4 amide bonds. The van der Waals surface area contributed by atoms with Crippen LogP contribution < -0.4 is 10.2 Å². The fraction of sp³-hybridized carbons (Fsp3) is 0.118. The van der Waals surface area contributed by atoms with Crippen LogP contribution in [0.15, 0.2) is 42.0 Å². The van der Waals surface area contributed by atoms with Crippen LogP contribution >= 0.6 is 11.3 Å². The van der Waals surface area contributed by atoms with E-state index in [1.807, 2.05) is 25.1 Å². The number of anilines is 1. The van der Waals surface area contributed by atoms with Gasteiger partial charge >= 0.3 is 6.03 Å². The Kier molecular flexibility index (Phi) is 3.83. The van der Waals surface area contributed by atoms with Crippen LogP contribution in [0.5, 0.6) is 0 Å². The van der Waals surface area contributed by atoms with Crippen LogP contribution in [0.1, 0.15) is 15.3 Å². The van der Waals surface area contributed by atoms with E-state index in [1.54, 1.807) is 25.1 Å². The highest BCUT2D eigenvalue weighted by atomic mass is 32.1. The Bertz CT molecular complexity index is 851. The van der Waals surface area contributed by atoms with Crippen molar-refractivity contribution in [3.05, 3.63) is 57.3 Å². The smallest absolute Gasteiger partial charge is 0.273 e. The van der Waals surface area contributed by atoms with Crippen LogP contribution in [0.4, 0.5) is 10.5 Å². The fourth-order valence-corrected chi connectivity index (χ4v) is 3.18.